The number of benzene rings is 2. The molecule has 1 aliphatic rings. The number of methoxy groups -OCH3 is 1. The van der Waals surface area contributed by atoms with Gasteiger partial charge in [-0.2, -0.15) is 5.10 Å². The lowest BCUT2D eigenvalue weighted by Crippen LogP contribution is -2.43. The van der Waals surface area contributed by atoms with Gasteiger partial charge in [0.25, 0.3) is 0 Å². The molecule has 1 aromatic heterocycles. The van der Waals surface area contributed by atoms with E-state index in [4.69, 9.17) is 4.74 Å². The zero-order valence-corrected chi connectivity index (χ0v) is 19.1. The van der Waals surface area contributed by atoms with E-state index in [1.807, 2.05) is 48.5 Å². The van der Waals surface area contributed by atoms with Crippen molar-refractivity contribution in [2.24, 2.45) is 0 Å². The van der Waals surface area contributed by atoms with Crippen molar-refractivity contribution in [1.29, 1.82) is 0 Å². The summed E-state index contributed by atoms with van der Waals surface area (Å²) in [5.74, 6) is -0.307. The number of rotatable bonds is 6. The van der Waals surface area contributed by atoms with Gasteiger partial charge in [0, 0.05) is 29.5 Å². The zero-order valence-electron chi connectivity index (χ0n) is 17.5. The average Bonchev–Trinajstić information content (AvgIpc) is 3.19. The Morgan fingerprint density at radius 1 is 1.16 bits per heavy atom. The monoisotopic (exact) mass is 498 g/mol. The van der Waals surface area contributed by atoms with Crippen molar-refractivity contribution in [3.63, 3.8) is 0 Å². The molecule has 0 fully saturated rings. The molecule has 3 aromatic rings. The van der Waals surface area contributed by atoms with E-state index < -0.39 is 5.97 Å². The van der Waals surface area contributed by atoms with Crippen LogP contribution >= 0.6 is 15.9 Å². The quantitative estimate of drug-likeness (QED) is 0.540. The van der Waals surface area contributed by atoms with Crippen molar-refractivity contribution in [2.75, 3.05) is 20.2 Å². The SMILES string of the molecule is COc1ccc(CCNC(=O)N2CCc3c(c(C(=O)O)nn3-c3ccc(Br)cc3)C2)cc1. The molecule has 166 valence electrons. The van der Waals surface area contributed by atoms with Gasteiger partial charge in [-0.3, -0.25) is 0 Å². The number of aromatic carboxylic acids is 1. The van der Waals surface area contributed by atoms with Gasteiger partial charge in [-0.15, -0.1) is 0 Å². The topological polar surface area (TPSA) is 96.7 Å². The molecule has 2 amide bonds. The van der Waals surface area contributed by atoms with Crippen molar-refractivity contribution in [3.05, 3.63) is 75.5 Å². The van der Waals surface area contributed by atoms with Crippen LogP contribution in [0.15, 0.2) is 53.0 Å². The van der Waals surface area contributed by atoms with E-state index in [1.54, 1.807) is 16.7 Å². The van der Waals surface area contributed by atoms with E-state index in [0.29, 0.717) is 31.5 Å². The number of fused-ring (bicyclic) bond motifs is 1. The lowest BCUT2D eigenvalue weighted by Gasteiger charge is -2.28. The normalized spacial score (nSPS) is 12.9. The van der Waals surface area contributed by atoms with Crippen LogP contribution < -0.4 is 10.1 Å². The first-order valence-corrected chi connectivity index (χ1v) is 11.0. The standard InChI is InChI=1S/C23H23BrN4O4/c1-32-18-8-2-15(3-9-18)10-12-25-23(31)27-13-11-20-19(14-27)21(22(29)30)26-28(20)17-6-4-16(24)5-7-17/h2-9H,10-14H2,1H3,(H,25,31)(H,29,30). The second kappa shape index (κ2) is 9.44. The van der Waals surface area contributed by atoms with Crippen molar-refractivity contribution < 1.29 is 19.4 Å². The Kier molecular flexibility index (Phi) is 6.45. The van der Waals surface area contributed by atoms with Crippen LogP contribution in [0.3, 0.4) is 0 Å². The number of hydrogen-bond acceptors (Lipinski definition) is 4. The summed E-state index contributed by atoms with van der Waals surface area (Å²) in [6.07, 6.45) is 1.22. The maximum atomic E-state index is 12.7. The van der Waals surface area contributed by atoms with E-state index >= 15 is 0 Å². The molecule has 8 nitrogen and oxygen atoms in total. The molecule has 0 spiro atoms. The van der Waals surface area contributed by atoms with Crippen molar-refractivity contribution >= 4 is 27.9 Å². The van der Waals surface area contributed by atoms with Gasteiger partial charge in [0.15, 0.2) is 5.69 Å². The highest BCUT2D eigenvalue weighted by Gasteiger charge is 2.30. The third-order valence-corrected chi connectivity index (χ3v) is 6.00. The van der Waals surface area contributed by atoms with E-state index in [1.165, 1.54) is 0 Å². The van der Waals surface area contributed by atoms with Gasteiger partial charge in [-0.1, -0.05) is 28.1 Å². The number of aromatic nitrogens is 2. The predicted octanol–water partition coefficient (Wildman–Crippen LogP) is 3.65. The van der Waals surface area contributed by atoms with Crippen LogP contribution in [0.1, 0.15) is 27.3 Å². The Morgan fingerprint density at radius 2 is 1.88 bits per heavy atom. The number of nitrogens with one attached hydrogen (secondary N) is 1. The number of amides is 2. The fraction of sp³-hybridized carbons (Fsp3) is 0.261. The van der Waals surface area contributed by atoms with Crippen molar-refractivity contribution in [2.45, 2.75) is 19.4 Å². The average molecular weight is 499 g/mol. The molecule has 9 heteroatoms. The summed E-state index contributed by atoms with van der Waals surface area (Å²) in [5, 5.41) is 16.9. The first kappa shape index (κ1) is 21.9. The highest BCUT2D eigenvalue weighted by atomic mass is 79.9. The fourth-order valence-electron chi connectivity index (χ4n) is 3.78. The van der Waals surface area contributed by atoms with Gasteiger partial charge in [0.1, 0.15) is 5.75 Å². The number of carboxylic acid groups (broad SMARTS) is 1. The second-order valence-electron chi connectivity index (χ2n) is 7.47. The largest absolute Gasteiger partial charge is 0.497 e. The molecule has 32 heavy (non-hydrogen) atoms. The lowest BCUT2D eigenvalue weighted by molar-refractivity contribution is 0.0687. The van der Waals surface area contributed by atoms with Gasteiger partial charge >= 0.3 is 12.0 Å². The molecule has 0 bridgehead atoms. The second-order valence-corrected chi connectivity index (χ2v) is 8.38. The number of carboxylic acids is 1. The third-order valence-electron chi connectivity index (χ3n) is 5.47. The van der Waals surface area contributed by atoms with Gasteiger partial charge in [0.05, 0.1) is 25.0 Å². The maximum absolute atomic E-state index is 12.7. The highest BCUT2D eigenvalue weighted by Crippen LogP contribution is 2.26. The lowest BCUT2D eigenvalue weighted by atomic mass is 10.1. The zero-order chi connectivity index (χ0) is 22.7. The molecule has 0 saturated carbocycles. The summed E-state index contributed by atoms with van der Waals surface area (Å²) in [7, 11) is 1.62. The summed E-state index contributed by atoms with van der Waals surface area (Å²) in [4.78, 5) is 26.2. The Hall–Kier alpha value is -3.33. The third kappa shape index (κ3) is 4.62. The van der Waals surface area contributed by atoms with Gasteiger partial charge in [0.2, 0.25) is 0 Å². The number of hydrogen-bond donors (Lipinski definition) is 2. The maximum Gasteiger partial charge on any atom is 0.356 e. The Balaban J connectivity index is 1.44. The summed E-state index contributed by atoms with van der Waals surface area (Å²) in [5.41, 5.74) is 3.27. The molecular weight excluding hydrogens is 476 g/mol. The van der Waals surface area contributed by atoms with E-state index in [-0.39, 0.29) is 18.3 Å². The number of carbonyl (C=O) groups excluding carboxylic acids is 1. The predicted molar refractivity (Wildman–Crippen MR) is 122 cm³/mol. The molecule has 0 unspecified atom stereocenters. The van der Waals surface area contributed by atoms with Crippen molar-refractivity contribution in [3.8, 4) is 11.4 Å². The molecule has 4 rings (SSSR count). The van der Waals surface area contributed by atoms with Crippen LogP contribution in [-0.4, -0.2) is 52.0 Å². The molecule has 1 aliphatic heterocycles. The van der Waals surface area contributed by atoms with E-state index in [0.717, 1.165) is 27.2 Å². The van der Waals surface area contributed by atoms with E-state index in [9.17, 15) is 14.7 Å². The van der Waals surface area contributed by atoms with Crippen LogP contribution in [0.4, 0.5) is 4.79 Å². The van der Waals surface area contributed by atoms with Crippen LogP contribution in [0.2, 0.25) is 0 Å². The smallest absolute Gasteiger partial charge is 0.356 e. The summed E-state index contributed by atoms with van der Waals surface area (Å²) < 4.78 is 7.75. The summed E-state index contributed by atoms with van der Waals surface area (Å²) in [6, 6.07) is 15.0. The molecule has 0 radical (unpaired) electrons. The fourth-order valence-corrected chi connectivity index (χ4v) is 4.04. The summed E-state index contributed by atoms with van der Waals surface area (Å²) in [6.45, 7) is 1.18. The van der Waals surface area contributed by atoms with E-state index in [2.05, 4.69) is 26.3 Å². The Labute approximate surface area is 193 Å². The Morgan fingerprint density at radius 3 is 2.53 bits per heavy atom. The van der Waals surface area contributed by atoms with Gasteiger partial charge in [-0.25, -0.2) is 14.3 Å². The number of urea groups is 1. The minimum Gasteiger partial charge on any atom is -0.497 e. The molecule has 2 N–H and O–H groups in total. The number of ether oxygens (including phenoxy) is 1. The van der Waals surface area contributed by atoms with Gasteiger partial charge < -0.3 is 20.1 Å². The first-order chi connectivity index (χ1) is 15.5. The highest BCUT2D eigenvalue weighted by molar-refractivity contribution is 9.10. The Bertz CT molecular complexity index is 1130. The van der Waals surface area contributed by atoms with Crippen LogP contribution in [-0.2, 0) is 19.4 Å². The van der Waals surface area contributed by atoms with Gasteiger partial charge in [-0.05, 0) is 48.4 Å². The number of nitrogens with zero attached hydrogens (tertiary/aromatic N) is 3. The first-order valence-electron chi connectivity index (χ1n) is 10.2. The molecular formula is C23H23BrN4O4. The molecule has 2 heterocycles. The van der Waals surface area contributed by atoms with Crippen LogP contribution in [0.5, 0.6) is 5.75 Å². The minimum atomic E-state index is -1.10. The van der Waals surface area contributed by atoms with Crippen LogP contribution in [0, 0.1) is 0 Å². The molecule has 0 saturated heterocycles. The number of halogens is 1. The molecule has 2 aromatic carbocycles. The molecule has 0 aliphatic carbocycles. The van der Waals surface area contributed by atoms with Crippen molar-refractivity contribution in [1.82, 2.24) is 20.0 Å². The molecule has 0 atom stereocenters. The number of carbonyl (C=O) groups is 2. The summed E-state index contributed by atoms with van der Waals surface area (Å²) >= 11 is 3.41. The minimum absolute atomic E-state index is 0.0151. The van der Waals surface area contributed by atoms with Crippen LogP contribution in [0.25, 0.3) is 5.69 Å².